The van der Waals surface area contributed by atoms with Crippen LogP contribution in [-0.4, -0.2) is 33.1 Å². The molecule has 4 nitrogen and oxygen atoms in total. The number of pyridine rings is 1. The maximum atomic E-state index is 13.3. The lowest BCUT2D eigenvalue weighted by Gasteiger charge is -2.43. The van der Waals surface area contributed by atoms with Gasteiger partial charge in [-0.25, -0.2) is 13.9 Å². The van der Waals surface area contributed by atoms with Gasteiger partial charge in [-0.15, -0.1) is 0 Å². The van der Waals surface area contributed by atoms with Crippen LogP contribution in [0.3, 0.4) is 0 Å². The van der Waals surface area contributed by atoms with Crippen LogP contribution in [0.4, 0.5) is 10.1 Å². The minimum Gasteiger partial charge on any atom is -0.363 e. The van der Waals surface area contributed by atoms with Crippen molar-refractivity contribution in [2.45, 2.75) is 12.3 Å². The zero-order valence-corrected chi connectivity index (χ0v) is 10.0. The van der Waals surface area contributed by atoms with Crippen LogP contribution in [0.1, 0.15) is 5.82 Å². The molecule has 6 heteroatoms. The van der Waals surface area contributed by atoms with Gasteiger partial charge in [0.15, 0.2) is 11.1 Å². The third-order valence-corrected chi connectivity index (χ3v) is 3.06. The van der Waals surface area contributed by atoms with Gasteiger partial charge in [0, 0.05) is 0 Å². The molecule has 0 amide bonds. The Morgan fingerprint density at radius 3 is 2.88 bits per heavy atom. The predicted molar refractivity (Wildman–Crippen MR) is 63.5 cm³/mol. The summed E-state index contributed by atoms with van der Waals surface area (Å²) in [6, 6.07) is 3.85. The van der Waals surface area contributed by atoms with E-state index >= 15 is 0 Å². The van der Waals surface area contributed by atoms with E-state index in [1.165, 1.54) is 0 Å². The molecule has 0 radical (unpaired) electrons. The van der Waals surface area contributed by atoms with E-state index < -0.39 is 5.41 Å². The van der Waals surface area contributed by atoms with Crippen LogP contribution in [0.15, 0.2) is 18.3 Å². The van der Waals surface area contributed by atoms with Gasteiger partial charge in [-0.1, -0.05) is 9.24 Å². The van der Waals surface area contributed by atoms with Crippen molar-refractivity contribution in [3.05, 3.63) is 24.2 Å². The highest BCUT2D eigenvalue weighted by molar-refractivity contribution is 7.19. The van der Waals surface area contributed by atoms with Crippen LogP contribution < -0.4 is 4.90 Å². The molecule has 0 spiro atoms. The zero-order valence-electron chi connectivity index (χ0n) is 8.89. The number of alkyl halides is 1. The van der Waals surface area contributed by atoms with E-state index in [4.69, 9.17) is 0 Å². The highest BCUT2D eigenvalue weighted by atomic mass is 31.0. The molecule has 0 aliphatic carbocycles. The summed E-state index contributed by atoms with van der Waals surface area (Å²) < 4.78 is 15.1. The summed E-state index contributed by atoms with van der Waals surface area (Å²) >= 11 is 0. The van der Waals surface area contributed by atoms with Crippen LogP contribution in [-0.2, 0) is 0 Å². The van der Waals surface area contributed by atoms with Gasteiger partial charge in [0.1, 0.15) is 5.82 Å². The SMILES string of the molecule is Cc1nc2ccc(N3CC(F)(P)C3)cn2n1. The number of fused-ring (bicyclic) bond motifs is 1. The van der Waals surface area contributed by atoms with E-state index in [-0.39, 0.29) is 0 Å². The maximum Gasteiger partial charge on any atom is 0.158 e. The summed E-state index contributed by atoms with van der Waals surface area (Å²) in [6.07, 6.45) is 1.88. The highest BCUT2D eigenvalue weighted by Crippen LogP contribution is 2.35. The van der Waals surface area contributed by atoms with Gasteiger partial charge in [-0.05, 0) is 19.1 Å². The number of nitrogens with zero attached hydrogens (tertiary/aromatic N) is 4. The fourth-order valence-electron chi connectivity index (χ4n) is 1.94. The molecule has 1 aliphatic rings. The molecule has 1 fully saturated rings. The zero-order chi connectivity index (χ0) is 11.3. The molecular weight excluding hydrogens is 226 g/mol. The first-order valence-corrected chi connectivity index (χ1v) is 5.67. The maximum absolute atomic E-state index is 13.3. The Hall–Kier alpha value is -1.22. The van der Waals surface area contributed by atoms with E-state index in [1.54, 1.807) is 4.52 Å². The molecule has 16 heavy (non-hydrogen) atoms. The lowest BCUT2D eigenvalue weighted by molar-refractivity contribution is 0.231. The Balaban J connectivity index is 1.94. The molecule has 1 aliphatic heterocycles. The second-order valence-corrected chi connectivity index (χ2v) is 5.27. The molecule has 84 valence electrons. The van der Waals surface area contributed by atoms with Gasteiger partial charge in [-0.3, -0.25) is 0 Å². The summed E-state index contributed by atoms with van der Waals surface area (Å²) in [5.74, 6) is 0.742. The number of aromatic nitrogens is 3. The van der Waals surface area contributed by atoms with Crippen LogP contribution in [0.25, 0.3) is 5.65 Å². The first-order valence-electron chi connectivity index (χ1n) is 5.09. The Kier molecular flexibility index (Phi) is 1.96. The number of rotatable bonds is 1. The normalized spacial score (nSPS) is 18.8. The fourth-order valence-corrected chi connectivity index (χ4v) is 2.38. The Bertz CT molecular complexity index is 543. The van der Waals surface area contributed by atoms with E-state index in [1.807, 2.05) is 30.2 Å². The molecule has 1 unspecified atom stereocenters. The van der Waals surface area contributed by atoms with E-state index in [0.717, 1.165) is 17.2 Å². The van der Waals surface area contributed by atoms with Gasteiger partial charge < -0.3 is 4.90 Å². The molecule has 1 atom stereocenters. The Morgan fingerprint density at radius 2 is 2.19 bits per heavy atom. The molecule has 3 heterocycles. The van der Waals surface area contributed by atoms with Crippen molar-refractivity contribution in [3.8, 4) is 0 Å². The van der Waals surface area contributed by atoms with E-state index in [2.05, 4.69) is 19.3 Å². The summed E-state index contributed by atoms with van der Waals surface area (Å²) in [5.41, 5.74) is 1.80. The number of aryl methyl sites for hydroxylation is 1. The second-order valence-electron chi connectivity index (χ2n) is 4.24. The second kappa shape index (κ2) is 3.14. The Labute approximate surface area is 94.7 Å². The van der Waals surface area contributed by atoms with Gasteiger partial charge in [0.25, 0.3) is 0 Å². The van der Waals surface area contributed by atoms with Crippen molar-refractivity contribution in [1.82, 2.24) is 14.6 Å². The first-order chi connectivity index (χ1) is 7.53. The van der Waals surface area contributed by atoms with Crippen LogP contribution in [0.2, 0.25) is 0 Å². The molecule has 2 aromatic rings. The third kappa shape index (κ3) is 1.55. The highest BCUT2D eigenvalue weighted by Gasteiger charge is 2.39. The summed E-state index contributed by atoms with van der Waals surface area (Å²) in [5, 5.41) is 3.10. The average molecular weight is 238 g/mol. The largest absolute Gasteiger partial charge is 0.363 e. The lowest BCUT2D eigenvalue weighted by Crippen LogP contribution is -2.55. The molecule has 2 aromatic heterocycles. The minimum atomic E-state index is -1.13. The molecule has 0 bridgehead atoms. The number of anilines is 1. The van der Waals surface area contributed by atoms with Gasteiger partial charge in [-0.2, -0.15) is 5.10 Å². The predicted octanol–water partition coefficient (Wildman–Crippen LogP) is 1.40. The Morgan fingerprint density at radius 1 is 1.44 bits per heavy atom. The first kappa shape index (κ1) is 9.97. The van der Waals surface area contributed by atoms with Crippen LogP contribution >= 0.6 is 9.24 Å². The monoisotopic (exact) mass is 238 g/mol. The van der Waals surface area contributed by atoms with Crippen LogP contribution in [0.5, 0.6) is 0 Å². The van der Waals surface area contributed by atoms with Crippen molar-refractivity contribution < 1.29 is 4.39 Å². The van der Waals surface area contributed by atoms with Gasteiger partial charge in [0.2, 0.25) is 0 Å². The third-order valence-electron chi connectivity index (χ3n) is 2.69. The van der Waals surface area contributed by atoms with Crippen molar-refractivity contribution >= 4 is 20.6 Å². The summed E-state index contributed by atoms with van der Waals surface area (Å²) in [6.45, 7) is 2.68. The van der Waals surface area contributed by atoms with Gasteiger partial charge in [0.05, 0.1) is 25.0 Å². The molecule has 1 saturated heterocycles. The number of hydrogen-bond acceptors (Lipinski definition) is 3. The topological polar surface area (TPSA) is 33.4 Å². The fraction of sp³-hybridized carbons (Fsp3) is 0.400. The van der Waals surface area contributed by atoms with E-state index in [9.17, 15) is 4.39 Å². The molecular formula is C10H12FN4P. The molecule has 0 saturated carbocycles. The summed E-state index contributed by atoms with van der Waals surface area (Å²) in [4.78, 5) is 6.22. The van der Waals surface area contributed by atoms with Crippen molar-refractivity contribution in [3.63, 3.8) is 0 Å². The van der Waals surface area contributed by atoms with Crippen molar-refractivity contribution in [1.29, 1.82) is 0 Å². The number of hydrogen-bond donors (Lipinski definition) is 0. The molecule has 0 N–H and O–H groups in total. The molecule has 3 rings (SSSR count). The number of halogens is 1. The quantitative estimate of drug-likeness (QED) is 0.704. The van der Waals surface area contributed by atoms with E-state index in [0.29, 0.717) is 13.1 Å². The lowest BCUT2D eigenvalue weighted by atomic mass is 10.1. The van der Waals surface area contributed by atoms with Crippen molar-refractivity contribution in [2.24, 2.45) is 0 Å². The standard InChI is InChI=1S/C10H12FN4P/c1-7-12-9-3-2-8(4-15(9)13-7)14-5-10(11,16)6-14/h2-4H,5-6,16H2,1H3. The minimum absolute atomic E-state index is 0.414. The smallest absolute Gasteiger partial charge is 0.158 e. The van der Waals surface area contributed by atoms with Crippen molar-refractivity contribution in [2.75, 3.05) is 18.0 Å². The summed E-state index contributed by atoms with van der Waals surface area (Å²) in [7, 11) is 2.24. The van der Waals surface area contributed by atoms with Gasteiger partial charge >= 0.3 is 0 Å². The average Bonchev–Trinajstić information content (AvgIpc) is 2.52. The van der Waals surface area contributed by atoms with Crippen LogP contribution in [0, 0.1) is 6.92 Å². The molecule has 0 aromatic carbocycles.